The second-order valence-corrected chi connectivity index (χ2v) is 7.93. The summed E-state index contributed by atoms with van der Waals surface area (Å²) >= 11 is 1.45. The molecule has 1 aromatic carbocycles. The highest BCUT2D eigenvalue weighted by atomic mass is 32.2. The molecule has 0 bridgehead atoms. The lowest BCUT2D eigenvalue weighted by atomic mass is 9.96. The minimum absolute atomic E-state index is 0.183. The molecule has 0 radical (unpaired) electrons. The second kappa shape index (κ2) is 6.55. The van der Waals surface area contributed by atoms with Gasteiger partial charge in [0.1, 0.15) is 5.58 Å². The lowest BCUT2D eigenvalue weighted by molar-refractivity contribution is 0.523. The number of thioether (sulfide) groups is 1. The van der Waals surface area contributed by atoms with Gasteiger partial charge in [-0.05, 0) is 23.6 Å². The topological polar surface area (TPSA) is 86.9 Å². The molecule has 0 amide bonds. The van der Waals surface area contributed by atoms with Crippen LogP contribution in [-0.2, 0) is 17.6 Å². The van der Waals surface area contributed by atoms with Crippen molar-refractivity contribution >= 4 is 22.7 Å². The number of aryl methyl sites for hydroxylation is 1. The van der Waals surface area contributed by atoms with Gasteiger partial charge in [-0.25, -0.2) is 9.47 Å². The molecule has 3 rings (SSSR count). The maximum absolute atomic E-state index is 11.9. The third kappa shape index (κ3) is 3.56. The predicted molar refractivity (Wildman–Crippen MR) is 100 cm³/mol. The number of aromatic nitrogens is 3. The van der Waals surface area contributed by atoms with Crippen molar-refractivity contribution in [3.63, 3.8) is 0 Å². The average molecular weight is 358 g/mol. The Kier molecular flexibility index (Phi) is 4.60. The Morgan fingerprint density at radius 3 is 2.64 bits per heavy atom. The Hall–Kier alpha value is -2.28. The number of nitrogen functional groups attached to an aromatic ring is 1. The van der Waals surface area contributed by atoms with E-state index in [9.17, 15) is 4.79 Å². The van der Waals surface area contributed by atoms with Gasteiger partial charge in [-0.2, -0.15) is 0 Å². The van der Waals surface area contributed by atoms with Crippen LogP contribution in [0, 0.1) is 0 Å². The van der Waals surface area contributed by atoms with Crippen molar-refractivity contribution in [3.8, 4) is 0 Å². The minimum Gasteiger partial charge on any atom is -0.423 e. The summed E-state index contributed by atoms with van der Waals surface area (Å²) in [5, 5.41) is 9.92. The third-order valence-electron chi connectivity index (χ3n) is 3.99. The number of fused-ring (bicyclic) bond motifs is 1. The van der Waals surface area contributed by atoms with Gasteiger partial charge in [-0.3, -0.25) is 0 Å². The number of rotatable bonds is 4. The summed E-state index contributed by atoms with van der Waals surface area (Å²) in [6, 6.07) is 7.51. The van der Waals surface area contributed by atoms with E-state index in [0.717, 1.165) is 28.8 Å². The first-order valence-corrected chi connectivity index (χ1v) is 9.17. The molecule has 2 N–H and O–H groups in total. The van der Waals surface area contributed by atoms with Crippen molar-refractivity contribution in [1.82, 2.24) is 14.9 Å². The zero-order valence-electron chi connectivity index (χ0n) is 14.9. The van der Waals surface area contributed by atoms with Gasteiger partial charge in [0.2, 0.25) is 5.16 Å². The summed E-state index contributed by atoms with van der Waals surface area (Å²) < 4.78 is 6.87. The van der Waals surface area contributed by atoms with Crippen LogP contribution in [0.4, 0.5) is 0 Å². The van der Waals surface area contributed by atoms with Crippen LogP contribution < -0.4 is 11.5 Å². The quantitative estimate of drug-likeness (QED) is 0.438. The first kappa shape index (κ1) is 17.5. The van der Waals surface area contributed by atoms with E-state index in [2.05, 4.69) is 23.2 Å². The molecule has 6 nitrogen and oxygen atoms in total. The van der Waals surface area contributed by atoms with Gasteiger partial charge >= 0.3 is 5.63 Å². The molecular formula is C18H22N4O2S. The van der Waals surface area contributed by atoms with Gasteiger partial charge in [-0.1, -0.05) is 51.6 Å². The molecule has 2 aromatic heterocycles. The van der Waals surface area contributed by atoms with E-state index in [1.165, 1.54) is 22.5 Å². The van der Waals surface area contributed by atoms with Gasteiger partial charge in [0.15, 0.2) is 5.82 Å². The van der Waals surface area contributed by atoms with Gasteiger partial charge in [0.05, 0.1) is 0 Å². The Bertz CT molecular complexity index is 969. The monoisotopic (exact) mass is 358 g/mol. The summed E-state index contributed by atoms with van der Waals surface area (Å²) in [6.07, 6.45) is 0.893. The number of nitrogens with zero attached hydrogens (tertiary/aromatic N) is 3. The molecule has 0 saturated carbocycles. The summed E-state index contributed by atoms with van der Waals surface area (Å²) in [4.78, 5) is 11.9. The van der Waals surface area contributed by atoms with E-state index >= 15 is 0 Å². The maximum atomic E-state index is 11.9. The summed E-state index contributed by atoms with van der Waals surface area (Å²) in [7, 11) is 0. The van der Waals surface area contributed by atoms with Crippen molar-refractivity contribution < 1.29 is 4.42 Å². The van der Waals surface area contributed by atoms with Gasteiger partial charge in [-0.15, -0.1) is 10.2 Å². The smallest absolute Gasteiger partial charge is 0.336 e. The van der Waals surface area contributed by atoms with E-state index in [1.807, 2.05) is 32.9 Å². The SMILES string of the molecule is CCc1ccc2c(CSc3nnc(C(C)(C)C)n3N)cc(=O)oc2c1. The summed E-state index contributed by atoms with van der Waals surface area (Å²) in [5.74, 6) is 7.41. The zero-order valence-corrected chi connectivity index (χ0v) is 15.7. The summed E-state index contributed by atoms with van der Waals surface area (Å²) in [5.41, 5.74) is 2.13. The van der Waals surface area contributed by atoms with E-state index in [-0.39, 0.29) is 11.0 Å². The van der Waals surface area contributed by atoms with E-state index in [0.29, 0.717) is 16.5 Å². The van der Waals surface area contributed by atoms with Gasteiger partial charge < -0.3 is 10.3 Å². The molecule has 0 saturated heterocycles. The lowest BCUT2D eigenvalue weighted by Gasteiger charge is -2.16. The standard InChI is InChI=1S/C18H22N4O2S/c1-5-11-6-7-13-12(9-15(23)24-14(13)8-11)10-25-17-21-20-16(22(17)19)18(2,3)4/h6-9H,5,10,19H2,1-4H3. The van der Waals surface area contributed by atoms with Crippen LogP contribution >= 0.6 is 11.8 Å². The Balaban J connectivity index is 1.91. The summed E-state index contributed by atoms with van der Waals surface area (Å²) in [6.45, 7) is 8.18. The van der Waals surface area contributed by atoms with Crippen LogP contribution in [0.5, 0.6) is 0 Å². The molecule has 0 fully saturated rings. The Morgan fingerprint density at radius 1 is 1.24 bits per heavy atom. The zero-order chi connectivity index (χ0) is 18.2. The van der Waals surface area contributed by atoms with Crippen LogP contribution in [0.15, 0.2) is 38.6 Å². The fourth-order valence-corrected chi connectivity index (χ4v) is 3.49. The highest BCUT2D eigenvalue weighted by Gasteiger charge is 2.23. The predicted octanol–water partition coefficient (Wildman–Crippen LogP) is 3.25. The fraction of sp³-hybridized carbons (Fsp3) is 0.389. The van der Waals surface area contributed by atoms with Crippen molar-refractivity contribution in [2.75, 3.05) is 5.84 Å². The lowest BCUT2D eigenvalue weighted by Crippen LogP contribution is -2.24. The van der Waals surface area contributed by atoms with Crippen molar-refractivity contribution in [2.45, 2.75) is 50.4 Å². The highest BCUT2D eigenvalue weighted by molar-refractivity contribution is 7.98. The molecule has 25 heavy (non-hydrogen) atoms. The molecule has 0 aliphatic carbocycles. The van der Waals surface area contributed by atoms with Gasteiger partial charge in [0, 0.05) is 22.6 Å². The van der Waals surface area contributed by atoms with E-state index < -0.39 is 0 Å². The van der Waals surface area contributed by atoms with Gasteiger partial charge in [0.25, 0.3) is 0 Å². The number of nitrogens with two attached hydrogens (primary N) is 1. The highest BCUT2D eigenvalue weighted by Crippen LogP contribution is 2.28. The molecule has 0 aliphatic heterocycles. The molecule has 132 valence electrons. The molecule has 0 aliphatic rings. The minimum atomic E-state index is -0.346. The number of hydrogen-bond acceptors (Lipinski definition) is 6. The Morgan fingerprint density at radius 2 is 2.00 bits per heavy atom. The number of benzene rings is 1. The van der Waals surface area contributed by atoms with Crippen molar-refractivity contribution in [1.29, 1.82) is 0 Å². The molecule has 7 heteroatoms. The van der Waals surface area contributed by atoms with Crippen molar-refractivity contribution in [2.24, 2.45) is 0 Å². The van der Waals surface area contributed by atoms with Crippen LogP contribution in [0.2, 0.25) is 0 Å². The van der Waals surface area contributed by atoms with E-state index in [4.69, 9.17) is 10.3 Å². The second-order valence-electron chi connectivity index (χ2n) is 6.99. The Labute approximate surface area is 150 Å². The molecule has 0 spiro atoms. The maximum Gasteiger partial charge on any atom is 0.336 e. The van der Waals surface area contributed by atoms with Crippen LogP contribution in [0.25, 0.3) is 11.0 Å². The molecule has 3 aromatic rings. The molecule has 2 heterocycles. The molecular weight excluding hydrogens is 336 g/mol. The number of hydrogen-bond donors (Lipinski definition) is 1. The largest absolute Gasteiger partial charge is 0.423 e. The first-order chi connectivity index (χ1) is 11.8. The van der Waals surface area contributed by atoms with Crippen LogP contribution in [0.3, 0.4) is 0 Å². The fourth-order valence-electron chi connectivity index (χ4n) is 2.64. The normalized spacial score (nSPS) is 12.0. The first-order valence-electron chi connectivity index (χ1n) is 8.19. The average Bonchev–Trinajstić information content (AvgIpc) is 2.92. The van der Waals surface area contributed by atoms with Crippen LogP contribution in [0.1, 0.15) is 44.6 Å². The van der Waals surface area contributed by atoms with Crippen LogP contribution in [-0.4, -0.2) is 14.9 Å². The van der Waals surface area contributed by atoms with Crippen molar-refractivity contribution in [3.05, 3.63) is 51.6 Å². The molecule has 0 unspecified atom stereocenters. The molecule has 0 atom stereocenters. The third-order valence-corrected chi connectivity index (χ3v) is 4.99. The van der Waals surface area contributed by atoms with E-state index in [1.54, 1.807) is 0 Å².